The topological polar surface area (TPSA) is 43.1 Å². The molecule has 15 heavy (non-hydrogen) atoms. The standard InChI is InChI=1S/C13H23NO/c1-11(13(14)15)7-5-6-10-12-8-3-2-4-9-12/h12H,1-10H2,(H2,14,15). The predicted octanol–water partition coefficient (Wildman–Crippen LogP) is 3.17. The second kappa shape index (κ2) is 6.65. The number of primary amides is 1. The van der Waals surface area contributed by atoms with Gasteiger partial charge in [0.2, 0.25) is 5.91 Å². The molecule has 2 nitrogen and oxygen atoms in total. The summed E-state index contributed by atoms with van der Waals surface area (Å²) in [6, 6.07) is 0. The first-order chi connectivity index (χ1) is 7.20. The van der Waals surface area contributed by atoms with Crippen molar-refractivity contribution in [2.24, 2.45) is 11.7 Å². The third kappa shape index (κ3) is 5.01. The maximum Gasteiger partial charge on any atom is 0.244 e. The Kier molecular flexibility index (Phi) is 5.44. The van der Waals surface area contributed by atoms with Crippen LogP contribution in [0, 0.1) is 5.92 Å². The molecule has 1 aliphatic rings. The van der Waals surface area contributed by atoms with E-state index in [0.717, 1.165) is 18.8 Å². The second-order valence-electron chi connectivity index (χ2n) is 4.72. The zero-order chi connectivity index (χ0) is 11.1. The van der Waals surface area contributed by atoms with E-state index in [1.165, 1.54) is 44.9 Å². The minimum Gasteiger partial charge on any atom is -0.366 e. The molecule has 2 heteroatoms. The number of carbonyl (C=O) groups is 1. The molecule has 0 aromatic heterocycles. The number of amides is 1. The lowest BCUT2D eigenvalue weighted by molar-refractivity contribution is -0.114. The Balaban J connectivity index is 2.01. The van der Waals surface area contributed by atoms with Gasteiger partial charge >= 0.3 is 0 Å². The molecule has 2 N–H and O–H groups in total. The Bertz CT molecular complexity index is 217. The van der Waals surface area contributed by atoms with Crippen molar-refractivity contribution in [3.63, 3.8) is 0 Å². The van der Waals surface area contributed by atoms with E-state index in [1.807, 2.05) is 0 Å². The van der Waals surface area contributed by atoms with Crippen LogP contribution < -0.4 is 5.73 Å². The maximum atomic E-state index is 10.7. The predicted molar refractivity (Wildman–Crippen MR) is 63.4 cm³/mol. The molecule has 1 amide bonds. The van der Waals surface area contributed by atoms with Crippen LogP contribution in [0.3, 0.4) is 0 Å². The van der Waals surface area contributed by atoms with Crippen LogP contribution in [0.2, 0.25) is 0 Å². The maximum absolute atomic E-state index is 10.7. The van der Waals surface area contributed by atoms with Crippen molar-refractivity contribution in [2.45, 2.75) is 57.8 Å². The summed E-state index contributed by atoms with van der Waals surface area (Å²) >= 11 is 0. The third-order valence-electron chi connectivity index (χ3n) is 3.41. The van der Waals surface area contributed by atoms with Crippen LogP contribution in [0.15, 0.2) is 12.2 Å². The fraction of sp³-hybridized carbons (Fsp3) is 0.769. The number of nitrogens with two attached hydrogens (primary N) is 1. The van der Waals surface area contributed by atoms with Gasteiger partial charge in [0, 0.05) is 5.57 Å². The Labute approximate surface area is 92.9 Å². The van der Waals surface area contributed by atoms with E-state index in [-0.39, 0.29) is 5.91 Å². The normalized spacial score (nSPS) is 17.6. The molecule has 0 saturated heterocycles. The molecule has 0 aliphatic heterocycles. The van der Waals surface area contributed by atoms with Crippen molar-refractivity contribution in [1.82, 2.24) is 0 Å². The van der Waals surface area contributed by atoms with E-state index in [4.69, 9.17) is 5.73 Å². The van der Waals surface area contributed by atoms with Gasteiger partial charge in [-0.05, 0) is 18.8 Å². The van der Waals surface area contributed by atoms with Crippen LogP contribution in [0.5, 0.6) is 0 Å². The van der Waals surface area contributed by atoms with Gasteiger partial charge in [-0.15, -0.1) is 0 Å². The Morgan fingerprint density at radius 3 is 2.47 bits per heavy atom. The molecular formula is C13H23NO. The van der Waals surface area contributed by atoms with Crippen molar-refractivity contribution in [2.75, 3.05) is 0 Å². The van der Waals surface area contributed by atoms with Crippen molar-refractivity contribution >= 4 is 5.91 Å². The van der Waals surface area contributed by atoms with Gasteiger partial charge in [-0.2, -0.15) is 0 Å². The first-order valence-corrected chi connectivity index (χ1v) is 6.17. The summed E-state index contributed by atoms with van der Waals surface area (Å²) in [5.74, 6) is 0.605. The molecule has 1 aliphatic carbocycles. The van der Waals surface area contributed by atoms with Crippen LogP contribution >= 0.6 is 0 Å². The molecule has 0 heterocycles. The van der Waals surface area contributed by atoms with Crippen molar-refractivity contribution < 1.29 is 4.79 Å². The summed E-state index contributed by atoms with van der Waals surface area (Å²) < 4.78 is 0. The molecular weight excluding hydrogens is 186 g/mol. The monoisotopic (exact) mass is 209 g/mol. The van der Waals surface area contributed by atoms with Crippen molar-refractivity contribution in [3.05, 3.63) is 12.2 Å². The van der Waals surface area contributed by atoms with Gasteiger partial charge in [0.05, 0.1) is 0 Å². The fourth-order valence-electron chi connectivity index (χ4n) is 2.37. The average molecular weight is 209 g/mol. The minimum atomic E-state index is -0.340. The summed E-state index contributed by atoms with van der Waals surface area (Å²) in [5.41, 5.74) is 5.70. The van der Waals surface area contributed by atoms with Gasteiger partial charge in [0.15, 0.2) is 0 Å². The van der Waals surface area contributed by atoms with E-state index in [9.17, 15) is 4.79 Å². The summed E-state index contributed by atoms with van der Waals surface area (Å²) in [6.45, 7) is 3.66. The third-order valence-corrected chi connectivity index (χ3v) is 3.41. The van der Waals surface area contributed by atoms with Crippen LogP contribution in [-0.4, -0.2) is 5.91 Å². The molecule has 1 fully saturated rings. The molecule has 0 atom stereocenters. The second-order valence-corrected chi connectivity index (χ2v) is 4.72. The van der Waals surface area contributed by atoms with Crippen molar-refractivity contribution in [3.8, 4) is 0 Å². The summed E-state index contributed by atoms with van der Waals surface area (Å²) in [7, 11) is 0. The highest BCUT2D eigenvalue weighted by atomic mass is 16.1. The Hall–Kier alpha value is -0.790. The summed E-state index contributed by atoms with van der Waals surface area (Å²) in [6.07, 6.45) is 11.5. The molecule has 86 valence electrons. The Morgan fingerprint density at radius 1 is 1.20 bits per heavy atom. The van der Waals surface area contributed by atoms with E-state index < -0.39 is 0 Å². The summed E-state index contributed by atoms with van der Waals surface area (Å²) in [5, 5.41) is 0. The van der Waals surface area contributed by atoms with E-state index in [1.54, 1.807) is 0 Å². The molecule has 0 radical (unpaired) electrons. The highest BCUT2D eigenvalue weighted by Gasteiger charge is 2.12. The molecule has 1 rings (SSSR count). The zero-order valence-corrected chi connectivity index (χ0v) is 9.63. The average Bonchev–Trinajstić information content (AvgIpc) is 2.25. The minimum absolute atomic E-state index is 0.340. The van der Waals surface area contributed by atoms with E-state index in [0.29, 0.717) is 5.57 Å². The Morgan fingerprint density at radius 2 is 1.87 bits per heavy atom. The zero-order valence-electron chi connectivity index (χ0n) is 9.63. The largest absolute Gasteiger partial charge is 0.366 e. The van der Waals surface area contributed by atoms with E-state index in [2.05, 4.69) is 6.58 Å². The van der Waals surface area contributed by atoms with Gasteiger partial charge in [-0.25, -0.2) is 0 Å². The number of hydrogen-bond donors (Lipinski definition) is 1. The highest BCUT2D eigenvalue weighted by Crippen LogP contribution is 2.28. The number of unbranched alkanes of at least 4 members (excludes halogenated alkanes) is 1. The van der Waals surface area contributed by atoms with Crippen LogP contribution in [0.4, 0.5) is 0 Å². The quantitative estimate of drug-likeness (QED) is 0.530. The highest BCUT2D eigenvalue weighted by molar-refractivity contribution is 5.91. The number of carbonyl (C=O) groups excluding carboxylic acids is 1. The number of rotatable bonds is 6. The van der Waals surface area contributed by atoms with Gasteiger partial charge in [0.1, 0.15) is 0 Å². The van der Waals surface area contributed by atoms with Gasteiger partial charge in [-0.1, -0.05) is 51.5 Å². The SMILES string of the molecule is C=C(CCCCC1CCCCC1)C(N)=O. The van der Waals surface area contributed by atoms with Crippen LogP contribution in [0.1, 0.15) is 57.8 Å². The first kappa shape index (κ1) is 12.3. The molecule has 0 bridgehead atoms. The fourth-order valence-corrected chi connectivity index (χ4v) is 2.37. The van der Waals surface area contributed by atoms with Gasteiger partial charge in [0.25, 0.3) is 0 Å². The lowest BCUT2D eigenvalue weighted by atomic mass is 9.85. The lowest BCUT2D eigenvalue weighted by Gasteiger charge is -2.21. The number of hydrogen-bond acceptors (Lipinski definition) is 1. The molecule has 1 saturated carbocycles. The van der Waals surface area contributed by atoms with Crippen LogP contribution in [0.25, 0.3) is 0 Å². The van der Waals surface area contributed by atoms with Crippen molar-refractivity contribution in [1.29, 1.82) is 0 Å². The molecule has 0 aromatic rings. The van der Waals surface area contributed by atoms with E-state index >= 15 is 0 Å². The van der Waals surface area contributed by atoms with Gasteiger partial charge < -0.3 is 5.73 Å². The van der Waals surface area contributed by atoms with Crippen LogP contribution in [-0.2, 0) is 4.79 Å². The molecule has 0 aromatic carbocycles. The van der Waals surface area contributed by atoms with Gasteiger partial charge in [-0.3, -0.25) is 4.79 Å². The molecule has 0 spiro atoms. The molecule has 0 unspecified atom stereocenters. The lowest BCUT2D eigenvalue weighted by Crippen LogP contribution is -2.13. The summed E-state index contributed by atoms with van der Waals surface area (Å²) in [4.78, 5) is 10.7. The smallest absolute Gasteiger partial charge is 0.244 e. The first-order valence-electron chi connectivity index (χ1n) is 6.17.